The van der Waals surface area contributed by atoms with Crippen molar-refractivity contribution < 1.29 is 23.9 Å². The number of benzene rings is 1. The van der Waals surface area contributed by atoms with Crippen LogP contribution in [0, 0.1) is 0 Å². The molecule has 7 nitrogen and oxygen atoms in total. The van der Waals surface area contributed by atoms with Crippen LogP contribution in [0.5, 0.6) is 0 Å². The molecule has 1 rings (SSSR count). The molecule has 0 saturated carbocycles. The highest BCUT2D eigenvalue weighted by atomic mass is 16.6. The van der Waals surface area contributed by atoms with Crippen molar-refractivity contribution in [2.75, 3.05) is 20.2 Å². The fourth-order valence-corrected chi connectivity index (χ4v) is 1.85. The van der Waals surface area contributed by atoms with Crippen LogP contribution in [0.1, 0.15) is 32.8 Å². The molecule has 1 N–H and O–H groups in total. The van der Waals surface area contributed by atoms with Gasteiger partial charge in [-0.2, -0.15) is 0 Å². The van der Waals surface area contributed by atoms with Gasteiger partial charge >= 0.3 is 12.1 Å². The molecule has 0 aliphatic carbocycles. The molecule has 25 heavy (non-hydrogen) atoms. The van der Waals surface area contributed by atoms with Crippen molar-refractivity contribution in [1.82, 2.24) is 10.2 Å². The van der Waals surface area contributed by atoms with Gasteiger partial charge in [0.2, 0.25) is 0 Å². The maximum Gasteiger partial charge on any atom is 0.407 e. The fourth-order valence-electron chi connectivity index (χ4n) is 1.85. The Labute approximate surface area is 148 Å². The SMILES string of the molecule is CN(Cc1ccccc1)C(=O)COC(=O)CCNC(=O)OC(C)(C)C. The molecule has 0 aromatic heterocycles. The lowest BCUT2D eigenvalue weighted by molar-refractivity contribution is -0.151. The average Bonchev–Trinajstić information content (AvgIpc) is 2.51. The molecule has 0 aliphatic heterocycles. The number of carbonyl (C=O) groups is 3. The minimum Gasteiger partial charge on any atom is -0.456 e. The van der Waals surface area contributed by atoms with Crippen molar-refractivity contribution in [2.24, 2.45) is 0 Å². The lowest BCUT2D eigenvalue weighted by Crippen LogP contribution is -2.34. The summed E-state index contributed by atoms with van der Waals surface area (Å²) in [6.07, 6.45) is -0.631. The van der Waals surface area contributed by atoms with Gasteiger partial charge in [-0.15, -0.1) is 0 Å². The van der Waals surface area contributed by atoms with Gasteiger partial charge in [-0.05, 0) is 26.3 Å². The largest absolute Gasteiger partial charge is 0.456 e. The number of amides is 2. The van der Waals surface area contributed by atoms with Crippen LogP contribution in [0.4, 0.5) is 4.79 Å². The number of hydrogen-bond acceptors (Lipinski definition) is 5. The number of nitrogens with zero attached hydrogens (tertiary/aromatic N) is 1. The Kier molecular flexibility index (Phi) is 7.91. The first-order valence-electron chi connectivity index (χ1n) is 8.08. The molecule has 0 fully saturated rings. The maximum absolute atomic E-state index is 11.9. The van der Waals surface area contributed by atoms with Crippen molar-refractivity contribution in [3.8, 4) is 0 Å². The summed E-state index contributed by atoms with van der Waals surface area (Å²) in [5, 5.41) is 2.46. The third kappa shape index (κ3) is 9.34. The molecule has 0 heterocycles. The smallest absolute Gasteiger partial charge is 0.407 e. The van der Waals surface area contributed by atoms with E-state index in [2.05, 4.69) is 5.32 Å². The molecule has 1 aromatic rings. The average molecular weight is 350 g/mol. The second-order valence-corrected chi connectivity index (χ2v) is 6.57. The van der Waals surface area contributed by atoms with Crippen molar-refractivity contribution >= 4 is 18.0 Å². The standard InChI is InChI=1S/C18H26N2O5/c1-18(2,3)25-17(23)19-11-10-16(22)24-13-15(21)20(4)12-14-8-6-5-7-9-14/h5-9H,10-13H2,1-4H3,(H,19,23). The predicted octanol–water partition coefficient (Wildman–Crippen LogP) is 2.10. The van der Waals surface area contributed by atoms with Crippen LogP contribution >= 0.6 is 0 Å². The van der Waals surface area contributed by atoms with E-state index in [1.165, 1.54) is 4.90 Å². The van der Waals surface area contributed by atoms with Gasteiger partial charge in [0.1, 0.15) is 5.60 Å². The molecule has 0 bridgehead atoms. The van der Waals surface area contributed by atoms with E-state index in [1.807, 2.05) is 30.3 Å². The molecule has 2 amide bonds. The topological polar surface area (TPSA) is 84.9 Å². The molecule has 0 spiro atoms. The van der Waals surface area contributed by atoms with Crippen LogP contribution in [0.3, 0.4) is 0 Å². The molecular formula is C18H26N2O5. The first-order chi connectivity index (χ1) is 11.7. The summed E-state index contributed by atoms with van der Waals surface area (Å²) in [4.78, 5) is 36.5. The van der Waals surface area contributed by atoms with Gasteiger partial charge in [0, 0.05) is 20.1 Å². The number of hydrogen-bond donors (Lipinski definition) is 1. The third-order valence-electron chi connectivity index (χ3n) is 3.04. The Morgan fingerprint density at radius 2 is 1.76 bits per heavy atom. The summed E-state index contributed by atoms with van der Waals surface area (Å²) in [5.74, 6) is -0.852. The minimum absolute atomic E-state index is 0.0328. The zero-order valence-corrected chi connectivity index (χ0v) is 15.2. The molecule has 0 atom stereocenters. The predicted molar refractivity (Wildman–Crippen MR) is 92.7 cm³/mol. The van der Waals surface area contributed by atoms with E-state index in [0.717, 1.165) is 5.56 Å². The number of nitrogens with one attached hydrogen (secondary N) is 1. The number of ether oxygens (including phenoxy) is 2. The van der Waals surface area contributed by atoms with Crippen LogP contribution in [0.15, 0.2) is 30.3 Å². The van der Waals surface area contributed by atoms with Crippen molar-refractivity contribution in [3.63, 3.8) is 0 Å². The second kappa shape index (κ2) is 9.66. The monoisotopic (exact) mass is 350 g/mol. The summed E-state index contributed by atoms with van der Waals surface area (Å²) < 4.78 is 9.97. The molecule has 7 heteroatoms. The normalized spacial score (nSPS) is 10.7. The van der Waals surface area contributed by atoms with E-state index in [-0.39, 0.29) is 25.5 Å². The number of carbonyl (C=O) groups excluding carboxylic acids is 3. The highest BCUT2D eigenvalue weighted by Crippen LogP contribution is 2.06. The summed E-state index contributed by atoms with van der Waals surface area (Å²) in [6.45, 7) is 5.45. The summed E-state index contributed by atoms with van der Waals surface area (Å²) in [6, 6.07) is 9.52. The lowest BCUT2D eigenvalue weighted by Gasteiger charge is -2.19. The van der Waals surface area contributed by atoms with Crippen LogP contribution < -0.4 is 5.32 Å². The van der Waals surface area contributed by atoms with Gasteiger partial charge in [0.05, 0.1) is 6.42 Å². The van der Waals surface area contributed by atoms with Crippen molar-refractivity contribution in [1.29, 1.82) is 0 Å². The molecule has 0 saturated heterocycles. The highest BCUT2D eigenvalue weighted by Gasteiger charge is 2.16. The Balaban J connectivity index is 2.22. The van der Waals surface area contributed by atoms with E-state index in [9.17, 15) is 14.4 Å². The molecule has 0 unspecified atom stereocenters. The van der Waals surface area contributed by atoms with Crippen molar-refractivity contribution in [2.45, 2.75) is 39.3 Å². The summed E-state index contributed by atoms with van der Waals surface area (Å²) >= 11 is 0. The number of alkyl carbamates (subject to hydrolysis) is 1. The van der Waals surface area contributed by atoms with Crippen LogP contribution in [-0.4, -0.2) is 48.7 Å². The Bertz CT molecular complexity index is 581. The van der Waals surface area contributed by atoms with Gasteiger partial charge in [-0.25, -0.2) is 4.79 Å². The van der Waals surface area contributed by atoms with Crippen LogP contribution in [0.2, 0.25) is 0 Å². The van der Waals surface area contributed by atoms with Gasteiger partial charge in [-0.3, -0.25) is 9.59 Å². The van der Waals surface area contributed by atoms with Gasteiger partial charge in [-0.1, -0.05) is 30.3 Å². The summed E-state index contributed by atoms with van der Waals surface area (Å²) in [7, 11) is 1.65. The molecule has 1 aromatic carbocycles. The zero-order chi connectivity index (χ0) is 18.9. The van der Waals surface area contributed by atoms with Gasteiger partial charge < -0.3 is 19.7 Å². The van der Waals surface area contributed by atoms with Gasteiger partial charge in [0.15, 0.2) is 6.61 Å². The Hall–Kier alpha value is -2.57. The lowest BCUT2D eigenvalue weighted by atomic mass is 10.2. The molecule has 0 radical (unpaired) electrons. The third-order valence-corrected chi connectivity index (χ3v) is 3.04. The van der Waals surface area contributed by atoms with Crippen molar-refractivity contribution in [3.05, 3.63) is 35.9 Å². The number of likely N-dealkylation sites (N-methyl/N-ethyl adjacent to an activating group) is 1. The van der Waals surface area contributed by atoms with E-state index < -0.39 is 17.7 Å². The van der Waals surface area contributed by atoms with Crippen LogP contribution in [-0.2, 0) is 25.6 Å². The van der Waals surface area contributed by atoms with E-state index in [0.29, 0.717) is 6.54 Å². The highest BCUT2D eigenvalue weighted by molar-refractivity contribution is 5.80. The zero-order valence-electron chi connectivity index (χ0n) is 15.2. The van der Waals surface area contributed by atoms with E-state index in [4.69, 9.17) is 9.47 Å². The van der Waals surface area contributed by atoms with Gasteiger partial charge in [0.25, 0.3) is 5.91 Å². The first kappa shape index (κ1) is 20.5. The number of rotatable bonds is 7. The quantitative estimate of drug-likeness (QED) is 0.761. The molecule has 138 valence electrons. The number of esters is 1. The summed E-state index contributed by atoms with van der Waals surface area (Å²) in [5.41, 5.74) is 0.395. The molecular weight excluding hydrogens is 324 g/mol. The minimum atomic E-state index is -0.598. The van der Waals surface area contributed by atoms with Crippen LogP contribution in [0.25, 0.3) is 0 Å². The fraction of sp³-hybridized carbons (Fsp3) is 0.500. The second-order valence-electron chi connectivity index (χ2n) is 6.57. The maximum atomic E-state index is 11.9. The Morgan fingerprint density at radius 1 is 1.12 bits per heavy atom. The first-order valence-corrected chi connectivity index (χ1v) is 8.08. The van der Waals surface area contributed by atoms with E-state index in [1.54, 1.807) is 27.8 Å². The molecule has 0 aliphatic rings. The Morgan fingerprint density at radius 3 is 2.36 bits per heavy atom. The van der Waals surface area contributed by atoms with E-state index >= 15 is 0 Å².